The molecular weight excluding hydrogens is 90.5 g/mol. The monoisotopic (exact) mass is 96.0 g/mol. The molecule has 0 bridgehead atoms. The van der Waals surface area contributed by atoms with Gasteiger partial charge in [-0.1, -0.05) is 6.08 Å². The van der Waals surface area contributed by atoms with E-state index in [1.807, 2.05) is 6.92 Å². The zero-order valence-electron chi connectivity index (χ0n) is 3.04. The van der Waals surface area contributed by atoms with Gasteiger partial charge in [-0.05, 0) is 6.92 Å². The summed E-state index contributed by atoms with van der Waals surface area (Å²) < 4.78 is 8.97. The van der Waals surface area contributed by atoms with Crippen LogP contribution in [-0.4, -0.2) is 0 Å². The molecule has 0 aromatic heterocycles. The maximum absolute atomic E-state index is 8.97. The third-order valence-corrected chi connectivity index (χ3v) is 0. The number of halogens is 2. The Balaban J connectivity index is 0. The van der Waals surface area contributed by atoms with Crippen LogP contribution in [0, 0.1) is 0 Å². The summed E-state index contributed by atoms with van der Waals surface area (Å²) in [6.07, 6.45) is 1.75. The molecule has 0 aliphatic heterocycles. The lowest BCUT2D eigenvalue weighted by molar-refractivity contribution is 0.906. The first-order valence-electron chi connectivity index (χ1n) is 1.13. The van der Waals surface area contributed by atoms with Crippen LogP contribution in [0.4, 0.5) is 3.98 Å². The molecule has 0 N–H and O–H groups in total. The molecule has 5 heavy (non-hydrogen) atoms. The minimum absolute atomic E-state index is 1.75. The molecule has 0 spiro atoms. The minimum Gasteiger partial charge on any atom is -0.116 e. The van der Waals surface area contributed by atoms with Crippen LogP contribution in [0.3, 0.4) is 0 Å². The van der Waals surface area contributed by atoms with Crippen molar-refractivity contribution in [1.82, 2.24) is 0 Å². The summed E-state index contributed by atoms with van der Waals surface area (Å²) in [7, 11) is 0. The van der Waals surface area contributed by atoms with Gasteiger partial charge in [-0.2, -0.15) is 0 Å². The molecular formula is C3H6ClF. The van der Waals surface area contributed by atoms with Gasteiger partial charge in [0.15, 0.2) is 0 Å². The summed E-state index contributed by atoms with van der Waals surface area (Å²) >= 11 is 3.14. The van der Waals surface area contributed by atoms with Gasteiger partial charge in [0, 0.05) is 0 Å². The summed E-state index contributed by atoms with van der Waals surface area (Å²) in [5, 5.41) is 0. The van der Waals surface area contributed by atoms with Gasteiger partial charge in [-0.15, -0.1) is 10.6 Å². The van der Waals surface area contributed by atoms with Crippen LogP contribution in [0.25, 0.3) is 0 Å². The lowest BCUT2D eigenvalue weighted by Gasteiger charge is -1.31. The van der Waals surface area contributed by atoms with Gasteiger partial charge >= 0.3 is 0 Å². The molecule has 0 unspecified atom stereocenters. The van der Waals surface area contributed by atoms with Gasteiger partial charge in [0.25, 0.3) is 0 Å². The maximum atomic E-state index is 8.97. The normalized spacial score (nSPS) is 3.80. The molecule has 0 rings (SSSR count). The predicted molar refractivity (Wildman–Crippen MR) is 22.8 cm³/mol. The molecule has 0 nitrogen and oxygen atoms in total. The molecule has 0 aromatic carbocycles. The van der Waals surface area contributed by atoms with E-state index in [2.05, 4.69) is 18.5 Å². The van der Waals surface area contributed by atoms with E-state index in [0.29, 0.717) is 0 Å². The van der Waals surface area contributed by atoms with Crippen LogP contribution >= 0.6 is 12.0 Å². The van der Waals surface area contributed by atoms with E-state index >= 15 is 0 Å². The summed E-state index contributed by atoms with van der Waals surface area (Å²) in [6, 6.07) is 0. The van der Waals surface area contributed by atoms with Crippen molar-refractivity contribution in [1.29, 1.82) is 0 Å². The van der Waals surface area contributed by atoms with Gasteiger partial charge in [-0.3, -0.25) is 0 Å². The average molecular weight is 96.5 g/mol. The first-order chi connectivity index (χ1) is 2.41. The van der Waals surface area contributed by atoms with Crippen LogP contribution in [0.2, 0.25) is 0 Å². The van der Waals surface area contributed by atoms with E-state index in [1.54, 1.807) is 6.08 Å². The molecule has 32 valence electrons. The molecule has 0 aromatic rings. The minimum atomic E-state index is 1.75. The highest BCUT2D eigenvalue weighted by Gasteiger charge is 1.15. The van der Waals surface area contributed by atoms with Gasteiger partial charge in [0.1, 0.15) is 12.0 Å². The average Bonchev–Trinajstić information content (AvgIpc) is 1.46. The van der Waals surface area contributed by atoms with Gasteiger partial charge in [0.05, 0.1) is 0 Å². The van der Waals surface area contributed by atoms with Crippen molar-refractivity contribution in [3.05, 3.63) is 12.7 Å². The number of hydrogen-bond donors (Lipinski definition) is 0. The molecule has 0 fully saturated rings. The molecule has 0 amide bonds. The fourth-order valence-corrected chi connectivity index (χ4v) is 0. The van der Waals surface area contributed by atoms with Crippen LogP contribution in [-0.2, 0) is 0 Å². The summed E-state index contributed by atoms with van der Waals surface area (Å²) in [6.45, 7) is 5.25. The van der Waals surface area contributed by atoms with E-state index in [9.17, 15) is 0 Å². The van der Waals surface area contributed by atoms with Gasteiger partial charge in [-0.25, -0.2) is 0 Å². The standard InChI is InChI=1S/C3H6.ClF/c1-3-2;1-2/h3H,1H2,2H3;. The van der Waals surface area contributed by atoms with Crippen LogP contribution in [0.1, 0.15) is 6.92 Å². The quantitative estimate of drug-likeness (QED) is 0.406. The predicted octanol–water partition coefficient (Wildman–Crippen LogP) is 2.30. The van der Waals surface area contributed by atoms with E-state index < -0.39 is 0 Å². The van der Waals surface area contributed by atoms with Gasteiger partial charge < -0.3 is 0 Å². The first-order valence-corrected chi connectivity index (χ1v) is 1.41. The van der Waals surface area contributed by atoms with Crippen LogP contribution in [0.15, 0.2) is 12.7 Å². The Hall–Kier alpha value is -0.0400. The second-order valence-corrected chi connectivity index (χ2v) is 0.408. The molecule has 0 atom stereocenters. The highest BCUT2D eigenvalue weighted by molar-refractivity contribution is 6.06. The summed E-state index contributed by atoms with van der Waals surface area (Å²) in [4.78, 5) is 0. The third-order valence-electron chi connectivity index (χ3n) is 0. The Bertz CT molecular complexity index is 14.4. The Morgan fingerprint density at radius 2 is 1.80 bits per heavy atom. The second-order valence-electron chi connectivity index (χ2n) is 0.408. The van der Waals surface area contributed by atoms with Crippen molar-refractivity contribution in [2.75, 3.05) is 0 Å². The summed E-state index contributed by atoms with van der Waals surface area (Å²) in [5.74, 6) is 0. The van der Waals surface area contributed by atoms with E-state index in [-0.39, 0.29) is 0 Å². The maximum Gasteiger partial charge on any atom is 0.116 e. The lowest BCUT2D eigenvalue weighted by atomic mass is 10.8. The smallest absolute Gasteiger partial charge is 0.116 e. The molecule has 0 saturated heterocycles. The highest BCUT2D eigenvalue weighted by Crippen LogP contribution is 1.56. The number of rotatable bonds is 0. The van der Waals surface area contributed by atoms with Crippen LogP contribution in [0.5, 0.6) is 0 Å². The number of allylic oxidation sites excluding steroid dienone is 1. The highest BCUT2D eigenvalue weighted by atomic mass is 35.5. The number of hydrogen-bond acceptors (Lipinski definition) is 0. The van der Waals surface area contributed by atoms with Crippen molar-refractivity contribution in [3.63, 3.8) is 0 Å². The first kappa shape index (κ1) is 8.88. The van der Waals surface area contributed by atoms with Crippen molar-refractivity contribution in [3.8, 4) is 0 Å². The lowest BCUT2D eigenvalue weighted by Crippen LogP contribution is -1.07. The second kappa shape index (κ2) is 37.6. The fourth-order valence-electron chi connectivity index (χ4n) is 0. The topological polar surface area (TPSA) is 0 Å². The fraction of sp³-hybridized carbons (Fsp3) is 0.333. The Morgan fingerprint density at radius 1 is 1.80 bits per heavy atom. The molecule has 0 radical (unpaired) electrons. The SMILES string of the molecule is C=CC.FCl. The Kier molecular flexibility index (Phi) is 66.8. The molecule has 0 heterocycles. The third kappa shape index (κ3) is 9510. The Labute approximate surface area is 36.5 Å². The van der Waals surface area contributed by atoms with Crippen molar-refractivity contribution < 1.29 is 3.98 Å². The molecule has 2 heteroatoms. The van der Waals surface area contributed by atoms with E-state index in [4.69, 9.17) is 3.98 Å². The van der Waals surface area contributed by atoms with Crippen molar-refractivity contribution >= 4 is 12.0 Å². The largest absolute Gasteiger partial charge is 0.116 e. The molecule has 0 aliphatic rings. The zero-order valence-corrected chi connectivity index (χ0v) is 3.80. The van der Waals surface area contributed by atoms with Crippen LogP contribution < -0.4 is 0 Å². The van der Waals surface area contributed by atoms with Crippen molar-refractivity contribution in [2.45, 2.75) is 6.92 Å². The van der Waals surface area contributed by atoms with E-state index in [0.717, 1.165) is 0 Å². The zero-order chi connectivity index (χ0) is 4.71. The Morgan fingerprint density at radius 3 is 1.80 bits per heavy atom. The molecule has 0 saturated carbocycles. The molecule has 0 aliphatic carbocycles. The van der Waals surface area contributed by atoms with Gasteiger partial charge in [0.2, 0.25) is 0 Å². The van der Waals surface area contributed by atoms with Crippen molar-refractivity contribution in [2.24, 2.45) is 0 Å². The summed E-state index contributed by atoms with van der Waals surface area (Å²) in [5.41, 5.74) is 0. The van der Waals surface area contributed by atoms with E-state index in [1.165, 1.54) is 0 Å².